The van der Waals surface area contributed by atoms with Crippen LogP contribution in [0.5, 0.6) is 0 Å². The first-order chi connectivity index (χ1) is 10.1. The number of carbonyl (C=O) groups is 1. The molecule has 0 atom stereocenters. The lowest BCUT2D eigenvalue weighted by Crippen LogP contribution is -2.13. The van der Waals surface area contributed by atoms with Gasteiger partial charge in [-0.25, -0.2) is 4.98 Å². The van der Waals surface area contributed by atoms with Crippen molar-refractivity contribution < 1.29 is 4.79 Å². The summed E-state index contributed by atoms with van der Waals surface area (Å²) in [4.78, 5) is 16.5. The summed E-state index contributed by atoms with van der Waals surface area (Å²) in [6.07, 6.45) is 2.46. The molecule has 6 heteroatoms. The van der Waals surface area contributed by atoms with Crippen LogP contribution in [-0.2, 0) is 0 Å². The first-order valence-electron chi connectivity index (χ1n) is 6.56. The molecule has 4 nitrogen and oxygen atoms in total. The Bertz CT molecular complexity index is 649. The number of amides is 1. The highest BCUT2D eigenvalue weighted by molar-refractivity contribution is 9.10. The summed E-state index contributed by atoms with van der Waals surface area (Å²) in [5.74, 6) is 0.376. The van der Waals surface area contributed by atoms with Crippen LogP contribution in [0.25, 0.3) is 0 Å². The second kappa shape index (κ2) is 7.43. The van der Waals surface area contributed by atoms with E-state index in [2.05, 4.69) is 38.5 Å². The van der Waals surface area contributed by atoms with Crippen molar-refractivity contribution >= 4 is 44.9 Å². The van der Waals surface area contributed by atoms with E-state index in [1.165, 1.54) is 6.20 Å². The topological polar surface area (TPSA) is 54.0 Å². The minimum absolute atomic E-state index is 0.264. The normalized spacial score (nSPS) is 10.2. The van der Waals surface area contributed by atoms with Crippen LogP contribution in [0, 0.1) is 0 Å². The summed E-state index contributed by atoms with van der Waals surface area (Å²) in [7, 11) is 0. The first-order valence-corrected chi connectivity index (χ1v) is 7.73. The average molecular weight is 369 g/mol. The van der Waals surface area contributed by atoms with E-state index in [1.807, 2.05) is 24.3 Å². The molecule has 2 N–H and O–H groups in total. The molecule has 0 aliphatic heterocycles. The van der Waals surface area contributed by atoms with E-state index in [-0.39, 0.29) is 5.91 Å². The van der Waals surface area contributed by atoms with Gasteiger partial charge in [0.2, 0.25) is 0 Å². The Hall–Kier alpha value is -1.59. The van der Waals surface area contributed by atoms with Crippen LogP contribution in [-0.4, -0.2) is 17.4 Å². The lowest BCUT2D eigenvalue weighted by Gasteiger charge is -2.09. The number of nitrogens with zero attached hydrogens (tertiary/aromatic N) is 1. The van der Waals surface area contributed by atoms with E-state index in [1.54, 1.807) is 6.07 Å². The lowest BCUT2D eigenvalue weighted by molar-refractivity contribution is 0.102. The van der Waals surface area contributed by atoms with E-state index in [0.717, 1.165) is 17.4 Å². The first kappa shape index (κ1) is 15.8. The lowest BCUT2D eigenvalue weighted by atomic mass is 10.2. The summed E-state index contributed by atoms with van der Waals surface area (Å²) < 4.78 is 0.895. The predicted octanol–water partition coefficient (Wildman–Crippen LogP) is 4.57. The van der Waals surface area contributed by atoms with Gasteiger partial charge in [-0.2, -0.15) is 0 Å². The van der Waals surface area contributed by atoms with E-state index in [4.69, 9.17) is 11.6 Å². The largest absolute Gasteiger partial charge is 0.370 e. The Kier molecular flexibility index (Phi) is 5.59. The van der Waals surface area contributed by atoms with Crippen molar-refractivity contribution in [2.75, 3.05) is 17.2 Å². The van der Waals surface area contributed by atoms with E-state index < -0.39 is 0 Å². The maximum absolute atomic E-state index is 12.3. The van der Waals surface area contributed by atoms with E-state index in [9.17, 15) is 4.79 Å². The highest BCUT2D eigenvalue weighted by atomic mass is 79.9. The smallest absolute Gasteiger partial charge is 0.257 e. The van der Waals surface area contributed by atoms with Gasteiger partial charge in [-0.15, -0.1) is 0 Å². The van der Waals surface area contributed by atoms with Crippen LogP contribution in [0.15, 0.2) is 41.0 Å². The zero-order valence-corrected chi connectivity index (χ0v) is 13.8. The van der Waals surface area contributed by atoms with Gasteiger partial charge in [-0.1, -0.05) is 40.5 Å². The van der Waals surface area contributed by atoms with Gasteiger partial charge >= 0.3 is 0 Å². The number of carbonyl (C=O) groups excluding carboxylic acids is 1. The zero-order valence-electron chi connectivity index (χ0n) is 11.5. The van der Waals surface area contributed by atoms with Crippen molar-refractivity contribution in [3.63, 3.8) is 0 Å². The standard InChI is InChI=1S/C15H15BrClN3O/c1-2-6-18-14-8-12(13(17)9-19-14)15(21)20-11-5-3-4-10(16)7-11/h3-5,7-9H,2,6H2,1H3,(H,18,19)(H,20,21). The minimum Gasteiger partial charge on any atom is -0.370 e. The van der Waals surface area contributed by atoms with E-state index >= 15 is 0 Å². The maximum Gasteiger partial charge on any atom is 0.257 e. The molecule has 0 aliphatic carbocycles. The van der Waals surface area contributed by atoms with Crippen LogP contribution < -0.4 is 10.6 Å². The van der Waals surface area contributed by atoms with Crippen LogP contribution in [0.1, 0.15) is 23.7 Å². The number of anilines is 2. The molecule has 0 saturated heterocycles. The van der Waals surface area contributed by atoms with Crippen molar-refractivity contribution in [3.8, 4) is 0 Å². The van der Waals surface area contributed by atoms with Crippen molar-refractivity contribution in [1.29, 1.82) is 0 Å². The summed E-state index contributed by atoms with van der Waals surface area (Å²) >= 11 is 9.43. The Balaban J connectivity index is 2.18. The number of hydrogen-bond donors (Lipinski definition) is 2. The molecule has 0 fully saturated rings. The number of benzene rings is 1. The SMILES string of the molecule is CCCNc1cc(C(=O)Nc2cccc(Br)c2)c(Cl)cn1. The van der Waals surface area contributed by atoms with Crippen molar-refractivity contribution in [1.82, 2.24) is 4.98 Å². The third kappa shape index (κ3) is 4.44. The molecule has 1 amide bonds. The van der Waals surface area contributed by atoms with Crippen molar-refractivity contribution in [2.24, 2.45) is 0 Å². The van der Waals surface area contributed by atoms with Crippen molar-refractivity contribution in [2.45, 2.75) is 13.3 Å². The third-order valence-electron chi connectivity index (χ3n) is 2.74. The van der Waals surface area contributed by atoms with Crippen LogP contribution in [0.2, 0.25) is 5.02 Å². The molecule has 1 heterocycles. The molecule has 0 radical (unpaired) electrons. The van der Waals surface area contributed by atoms with Crippen LogP contribution in [0.3, 0.4) is 0 Å². The molecule has 0 bridgehead atoms. The number of hydrogen-bond acceptors (Lipinski definition) is 3. The molecule has 2 rings (SSSR count). The van der Waals surface area contributed by atoms with Gasteiger partial charge in [0.15, 0.2) is 0 Å². The number of halogens is 2. The van der Waals surface area contributed by atoms with Gasteiger partial charge in [-0.05, 0) is 30.7 Å². The molecule has 21 heavy (non-hydrogen) atoms. The molecule has 0 aliphatic rings. The van der Waals surface area contributed by atoms with Crippen LogP contribution in [0.4, 0.5) is 11.5 Å². The summed E-state index contributed by atoms with van der Waals surface area (Å²) in [6, 6.07) is 9.03. The summed E-state index contributed by atoms with van der Waals surface area (Å²) in [5, 5.41) is 6.27. The summed E-state index contributed by atoms with van der Waals surface area (Å²) in [6.45, 7) is 2.85. The molecular weight excluding hydrogens is 354 g/mol. The Morgan fingerprint density at radius 1 is 1.38 bits per heavy atom. The Morgan fingerprint density at radius 2 is 2.19 bits per heavy atom. The molecule has 1 aromatic heterocycles. The highest BCUT2D eigenvalue weighted by Gasteiger charge is 2.12. The molecule has 110 valence electrons. The summed E-state index contributed by atoms with van der Waals surface area (Å²) in [5.41, 5.74) is 1.09. The number of rotatable bonds is 5. The monoisotopic (exact) mass is 367 g/mol. The van der Waals surface area contributed by atoms with Gasteiger partial charge in [0.05, 0.1) is 10.6 Å². The van der Waals surface area contributed by atoms with Gasteiger partial charge in [0.1, 0.15) is 5.82 Å². The number of aromatic nitrogens is 1. The highest BCUT2D eigenvalue weighted by Crippen LogP contribution is 2.21. The van der Waals surface area contributed by atoms with Gasteiger partial charge in [0, 0.05) is 22.9 Å². The maximum atomic E-state index is 12.3. The second-order valence-electron chi connectivity index (χ2n) is 4.44. The second-order valence-corrected chi connectivity index (χ2v) is 5.76. The quantitative estimate of drug-likeness (QED) is 0.812. The fourth-order valence-electron chi connectivity index (χ4n) is 1.73. The number of nitrogens with one attached hydrogen (secondary N) is 2. The average Bonchev–Trinajstić information content (AvgIpc) is 2.46. The van der Waals surface area contributed by atoms with Gasteiger partial charge in [0.25, 0.3) is 5.91 Å². The fraction of sp³-hybridized carbons (Fsp3) is 0.200. The number of pyridine rings is 1. The zero-order chi connectivity index (χ0) is 15.2. The Morgan fingerprint density at radius 3 is 2.90 bits per heavy atom. The fourth-order valence-corrected chi connectivity index (χ4v) is 2.32. The molecule has 0 unspecified atom stereocenters. The van der Waals surface area contributed by atoms with Gasteiger partial charge < -0.3 is 10.6 Å². The molecular formula is C15H15BrClN3O. The van der Waals surface area contributed by atoms with Crippen LogP contribution >= 0.6 is 27.5 Å². The molecule has 2 aromatic rings. The molecule has 0 spiro atoms. The third-order valence-corrected chi connectivity index (χ3v) is 3.53. The molecule has 0 saturated carbocycles. The Labute approximate surface area is 137 Å². The predicted molar refractivity (Wildman–Crippen MR) is 90.1 cm³/mol. The van der Waals surface area contributed by atoms with Crippen molar-refractivity contribution in [3.05, 3.63) is 51.6 Å². The van der Waals surface area contributed by atoms with Gasteiger partial charge in [-0.3, -0.25) is 4.79 Å². The van der Waals surface area contributed by atoms with E-state index in [0.29, 0.717) is 22.1 Å². The molecule has 1 aromatic carbocycles. The minimum atomic E-state index is -0.264.